The van der Waals surface area contributed by atoms with E-state index in [0.717, 1.165) is 30.4 Å². The van der Waals surface area contributed by atoms with Gasteiger partial charge in [-0.15, -0.1) is 0 Å². The highest BCUT2D eigenvalue weighted by molar-refractivity contribution is 7.91. The quantitative estimate of drug-likeness (QED) is 0.274. The summed E-state index contributed by atoms with van der Waals surface area (Å²) >= 11 is 0. The number of nitrogens with one attached hydrogen (secondary N) is 1. The van der Waals surface area contributed by atoms with E-state index >= 15 is 0 Å². The van der Waals surface area contributed by atoms with Crippen LogP contribution in [0.3, 0.4) is 0 Å². The predicted molar refractivity (Wildman–Crippen MR) is 147 cm³/mol. The average Bonchev–Trinajstić information content (AvgIpc) is 3.69. The van der Waals surface area contributed by atoms with Gasteiger partial charge in [0.1, 0.15) is 17.0 Å². The SMILES string of the molecule is COCCOCc1ccc(-c2cnn3c(N)c(S(C)(=O)=O)c(C4C[C@H]5CC[C@@H](C4)N5C(=O)c4ncn[nH]4)nc23)cn1. The van der Waals surface area contributed by atoms with Gasteiger partial charge in [0.2, 0.25) is 5.82 Å². The molecule has 0 saturated carbocycles. The van der Waals surface area contributed by atoms with E-state index in [1.807, 2.05) is 17.0 Å². The largest absolute Gasteiger partial charge is 0.382 e. The Morgan fingerprint density at radius 2 is 1.93 bits per heavy atom. The number of methoxy groups -OCH3 is 1. The lowest BCUT2D eigenvalue weighted by Crippen LogP contribution is -2.46. The number of nitrogens with two attached hydrogens (primary N) is 1. The van der Waals surface area contributed by atoms with E-state index < -0.39 is 9.84 Å². The molecule has 6 heterocycles. The molecule has 216 valence electrons. The first kappa shape index (κ1) is 27.2. The number of hydrogen-bond donors (Lipinski definition) is 2. The first-order chi connectivity index (χ1) is 19.8. The number of pyridine rings is 1. The van der Waals surface area contributed by atoms with E-state index in [-0.39, 0.29) is 40.4 Å². The summed E-state index contributed by atoms with van der Waals surface area (Å²) in [5, 5.41) is 10.8. The van der Waals surface area contributed by atoms with Crippen LogP contribution in [0.15, 0.2) is 35.7 Å². The van der Waals surface area contributed by atoms with Crippen LogP contribution in [0.4, 0.5) is 5.82 Å². The lowest BCUT2D eigenvalue weighted by atomic mass is 9.87. The first-order valence-electron chi connectivity index (χ1n) is 13.3. The zero-order valence-electron chi connectivity index (χ0n) is 22.7. The second kappa shape index (κ2) is 10.8. The minimum absolute atomic E-state index is 0.0132. The van der Waals surface area contributed by atoms with Crippen LogP contribution in [0.25, 0.3) is 16.8 Å². The number of ether oxygens (including phenoxy) is 2. The third kappa shape index (κ3) is 5.04. The van der Waals surface area contributed by atoms with E-state index in [2.05, 4.69) is 25.3 Å². The summed E-state index contributed by atoms with van der Waals surface area (Å²) in [7, 11) is -2.13. The van der Waals surface area contributed by atoms with E-state index in [4.69, 9.17) is 20.2 Å². The molecule has 2 aliphatic rings. The number of hydrogen-bond acceptors (Lipinski definition) is 11. The minimum atomic E-state index is -3.75. The number of sulfone groups is 1. The number of carbonyl (C=O) groups excluding carboxylic acids is 1. The molecule has 41 heavy (non-hydrogen) atoms. The Balaban J connectivity index is 1.34. The zero-order valence-corrected chi connectivity index (χ0v) is 23.5. The number of rotatable bonds is 9. The lowest BCUT2D eigenvalue weighted by Gasteiger charge is -2.38. The number of nitrogens with zero attached hydrogens (tertiary/aromatic N) is 7. The second-order valence-electron chi connectivity index (χ2n) is 10.5. The van der Waals surface area contributed by atoms with Gasteiger partial charge in [0, 0.05) is 48.7 Å². The van der Waals surface area contributed by atoms with Crippen molar-refractivity contribution >= 4 is 27.2 Å². The number of aromatic nitrogens is 7. The van der Waals surface area contributed by atoms with Crippen molar-refractivity contribution in [2.24, 2.45) is 0 Å². The van der Waals surface area contributed by atoms with Gasteiger partial charge < -0.3 is 20.1 Å². The summed E-state index contributed by atoms with van der Waals surface area (Å²) < 4.78 is 38.0. The van der Waals surface area contributed by atoms with Gasteiger partial charge >= 0.3 is 0 Å². The molecule has 4 aromatic rings. The Morgan fingerprint density at radius 1 is 1.15 bits per heavy atom. The molecule has 2 aliphatic heterocycles. The number of fused-ring (bicyclic) bond motifs is 3. The maximum absolute atomic E-state index is 13.1. The van der Waals surface area contributed by atoms with Crippen LogP contribution in [-0.4, -0.2) is 92.7 Å². The van der Waals surface area contributed by atoms with Crippen molar-refractivity contribution in [3.05, 3.63) is 48.1 Å². The molecule has 1 unspecified atom stereocenters. The van der Waals surface area contributed by atoms with Gasteiger partial charge in [-0.05, 0) is 31.7 Å². The molecule has 2 saturated heterocycles. The highest BCUT2D eigenvalue weighted by Gasteiger charge is 2.46. The monoisotopic (exact) mass is 581 g/mol. The summed E-state index contributed by atoms with van der Waals surface area (Å²) in [6, 6.07) is 3.61. The summed E-state index contributed by atoms with van der Waals surface area (Å²) in [6.45, 7) is 1.33. The zero-order chi connectivity index (χ0) is 28.7. The van der Waals surface area contributed by atoms with Gasteiger partial charge in [-0.2, -0.15) is 14.7 Å². The van der Waals surface area contributed by atoms with Gasteiger partial charge in [-0.3, -0.25) is 14.9 Å². The molecule has 3 atom stereocenters. The van der Waals surface area contributed by atoms with Crippen LogP contribution in [0.2, 0.25) is 0 Å². The molecule has 3 N–H and O–H groups in total. The smallest absolute Gasteiger partial charge is 0.291 e. The van der Waals surface area contributed by atoms with Gasteiger partial charge in [0.15, 0.2) is 15.5 Å². The summed E-state index contributed by atoms with van der Waals surface area (Å²) in [6.07, 6.45) is 8.52. The molecule has 15 heteroatoms. The number of carbonyl (C=O) groups is 1. The molecule has 2 fully saturated rings. The van der Waals surface area contributed by atoms with E-state index in [9.17, 15) is 13.2 Å². The predicted octanol–water partition coefficient (Wildman–Crippen LogP) is 1.61. The molecule has 6 rings (SSSR count). The molecule has 0 radical (unpaired) electrons. The Hall–Kier alpha value is -3.95. The van der Waals surface area contributed by atoms with Gasteiger partial charge in [-0.1, -0.05) is 6.07 Å². The lowest BCUT2D eigenvalue weighted by molar-refractivity contribution is 0.0556. The van der Waals surface area contributed by atoms with Crippen molar-refractivity contribution in [1.82, 2.24) is 39.7 Å². The van der Waals surface area contributed by atoms with Crippen LogP contribution >= 0.6 is 0 Å². The maximum atomic E-state index is 13.1. The van der Waals surface area contributed by atoms with Crippen molar-refractivity contribution in [3.63, 3.8) is 0 Å². The summed E-state index contributed by atoms with van der Waals surface area (Å²) in [5.74, 6) is -0.193. The van der Waals surface area contributed by atoms with Crippen molar-refractivity contribution in [2.45, 2.75) is 55.2 Å². The third-order valence-electron chi connectivity index (χ3n) is 7.82. The van der Waals surface area contributed by atoms with E-state index in [0.29, 0.717) is 49.6 Å². The number of aromatic amines is 1. The number of anilines is 1. The Labute approximate surface area is 236 Å². The number of H-pyrrole nitrogens is 1. The highest BCUT2D eigenvalue weighted by Crippen LogP contribution is 2.45. The molecule has 0 aliphatic carbocycles. The summed E-state index contributed by atoms with van der Waals surface area (Å²) in [5.41, 5.74) is 9.55. The van der Waals surface area contributed by atoms with Crippen LogP contribution in [0, 0.1) is 0 Å². The van der Waals surface area contributed by atoms with Crippen LogP contribution in [-0.2, 0) is 25.9 Å². The molecule has 0 aromatic carbocycles. The van der Waals surface area contributed by atoms with Crippen molar-refractivity contribution in [2.75, 3.05) is 32.3 Å². The van der Waals surface area contributed by atoms with Gasteiger partial charge in [-0.25, -0.2) is 18.4 Å². The Bertz CT molecular complexity index is 1660. The number of piperidine rings is 1. The molecule has 1 amide bonds. The van der Waals surface area contributed by atoms with Crippen molar-refractivity contribution in [1.29, 1.82) is 0 Å². The molecule has 0 spiro atoms. The third-order valence-corrected chi connectivity index (χ3v) is 8.98. The number of amides is 1. The fourth-order valence-corrected chi connectivity index (χ4v) is 7.09. The van der Waals surface area contributed by atoms with E-state index in [1.165, 1.54) is 10.8 Å². The average molecular weight is 582 g/mol. The van der Waals surface area contributed by atoms with Gasteiger partial charge in [0.05, 0.1) is 37.4 Å². The molecule has 4 aromatic heterocycles. The standard InChI is InChI=1S/C26H31N9O5S/c1-39-7-8-40-13-17-4-3-15(11-28-17)20-12-31-35-23(27)22(41(2,37)38)21(32-25(20)35)16-9-18-5-6-19(10-16)34(18)26(36)24-29-14-30-33-24/h3-4,11-12,14,16,18-19H,5-10,13,27H2,1-2H3,(H,29,30,33)/t16?,18-,19+. The first-order valence-corrected chi connectivity index (χ1v) is 15.2. The maximum Gasteiger partial charge on any atom is 0.291 e. The fraction of sp³-hybridized carbons (Fsp3) is 0.462. The van der Waals surface area contributed by atoms with Crippen LogP contribution < -0.4 is 5.73 Å². The topological polar surface area (TPSA) is 184 Å². The normalized spacial score (nSPS) is 20.6. The van der Waals surface area contributed by atoms with Crippen LogP contribution in [0.1, 0.15) is 53.6 Å². The summed E-state index contributed by atoms with van der Waals surface area (Å²) in [4.78, 5) is 28.4. The Kier molecular flexibility index (Phi) is 7.17. The van der Waals surface area contributed by atoms with Crippen molar-refractivity contribution in [3.8, 4) is 11.1 Å². The molecule has 2 bridgehead atoms. The minimum Gasteiger partial charge on any atom is -0.382 e. The number of nitrogen functional groups attached to an aromatic ring is 1. The van der Waals surface area contributed by atoms with Gasteiger partial charge in [0.25, 0.3) is 5.91 Å². The molecular weight excluding hydrogens is 550 g/mol. The molecular formula is C26H31N9O5S. The Morgan fingerprint density at radius 3 is 2.56 bits per heavy atom. The van der Waals surface area contributed by atoms with Crippen molar-refractivity contribution < 1.29 is 22.7 Å². The van der Waals surface area contributed by atoms with E-state index in [1.54, 1.807) is 19.5 Å². The highest BCUT2D eigenvalue weighted by atomic mass is 32.2. The fourth-order valence-electron chi connectivity index (χ4n) is 6.03. The molecule has 14 nitrogen and oxygen atoms in total. The van der Waals surface area contributed by atoms with Crippen LogP contribution in [0.5, 0.6) is 0 Å². The second-order valence-corrected chi connectivity index (χ2v) is 12.4.